The van der Waals surface area contributed by atoms with Crippen LogP contribution in [0.2, 0.25) is 0 Å². The van der Waals surface area contributed by atoms with Crippen LogP contribution in [-0.2, 0) is 17.6 Å². The monoisotopic (exact) mass is 571 g/mol. The van der Waals surface area contributed by atoms with E-state index in [2.05, 4.69) is 36.5 Å². The summed E-state index contributed by atoms with van der Waals surface area (Å²) in [6.45, 7) is 1.59. The molecule has 1 aliphatic rings. The number of carbonyl (C=O) groups is 2. The molecule has 0 bridgehead atoms. The summed E-state index contributed by atoms with van der Waals surface area (Å²) in [4.78, 5) is 43.6. The summed E-state index contributed by atoms with van der Waals surface area (Å²) in [6.07, 6.45) is 9.33. The number of nitrogens with one attached hydrogen (secondary N) is 3. The van der Waals surface area contributed by atoms with Crippen molar-refractivity contribution in [2.45, 2.75) is 26.2 Å². The highest BCUT2D eigenvalue weighted by atomic mass is 32.1. The van der Waals surface area contributed by atoms with Gasteiger partial charge in [-0.25, -0.2) is 9.97 Å². The van der Waals surface area contributed by atoms with Gasteiger partial charge >= 0.3 is 0 Å². The molecule has 0 radical (unpaired) electrons. The van der Waals surface area contributed by atoms with Gasteiger partial charge in [-0.05, 0) is 49.6 Å². The number of allylic oxidation sites excluding steroid dienone is 1. The fourth-order valence-electron chi connectivity index (χ4n) is 5.17. The van der Waals surface area contributed by atoms with Gasteiger partial charge in [-0.2, -0.15) is 5.10 Å². The number of ketones is 1. The lowest BCUT2D eigenvalue weighted by Crippen LogP contribution is -2.14. The van der Waals surface area contributed by atoms with Crippen LogP contribution in [-0.4, -0.2) is 41.8 Å². The number of aryl methyl sites for hydroxylation is 1. The minimum absolute atomic E-state index is 0.0631. The Morgan fingerprint density at radius 3 is 2.71 bits per heavy atom. The van der Waals surface area contributed by atoms with Gasteiger partial charge < -0.3 is 10.3 Å². The van der Waals surface area contributed by atoms with Crippen molar-refractivity contribution >= 4 is 45.3 Å². The lowest BCUT2D eigenvalue weighted by molar-refractivity contribution is -0.115. The number of Topliss-reactive ketones (excluding diaryl/α,β-unsaturated/α-hetero) is 1. The Labute approximate surface area is 244 Å². The number of aromatic nitrogens is 6. The zero-order valence-corrected chi connectivity index (χ0v) is 23.5. The topological polar surface area (TPSA) is 129 Å². The highest BCUT2D eigenvalue weighted by Gasteiger charge is 2.23. The number of pyridine rings is 2. The van der Waals surface area contributed by atoms with Crippen molar-refractivity contribution in [1.29, 1.82) is 0 Å². The van der Waals surface area contributed by atoms with Gasteiger partial charge in [0.1, 0.15) is 5.69 Å². The van der Waals surface area contributed by atoms with Crippen molar-refractivity contribution in [3.8, 4) is 22.6 Å². The van der Waals surface area contributed by atoms with E-state index >= 15 is 0 Å². The minimum atomic E-state index is -0.110. The van der Waals surface area contributed by atoms with Crippen molar-refractivity contribution in [3.05, 3.63) is 106 Å². The number of nitrogens with zero attached hydrogens (tertiary/aromatic N) is 4. The van der Waals surface area contributed by atoms with E-state index < -0.39 is 0 Å². The molecule has 5 heterocycles. The molecule has 0 spiro atoms. The Morgan fingerprint density at radius 2 is 1.88 bits per heavy atom. The number of imidazole rings is 1. The van der Waals surface area contributed by atoms with Crippen molar-refractivity contribution in [1.82, 2.24) is 30.1 Å². The van der Waals surface area contributed by atoms with E-state index in [0.717, 1.165) is 67.3 Å². The zero-order valence-electron chi connectivity index (χ0n) is 22.6. The molecule has 0 aliphatic heterocycles. The van der Waals surface area contributed by atoms with Crippen LogP contribution < -0.4 is 5.32 Å². The van der Waals surface area contributed by atoms with Crippen LogP contribution in [0.3, 0.4) is 0 Å². The molecule has 0 atom stereocenters. The van der Waals surface area contributed by atoms with Crippen LogP contribution in [0.5, 0.6) is 0 Å². The Morgan fingerprint density at radius 1 is 1.02 bits per heavy atom. The molecule has 3 N–H and O–H groups in total. The normalized spacial score (nSPS) is 12.6. The van der Waals surface area contributed by atoms with Gasteiger partial charge in [0.05, 0.1) is 34.3 Å². The Hall–Kier alpha value is -5.22. The van der Waals surface area contributed by atoms with E-state index in [1.165, 1.54) is 11.3 Å². The molecule has 42 heavy (non-hydrogen) atoms. The second kappa shape index (κ2) is 10.6. The molecule has 0 unspecified atom stereocenters. The van der Waals surface area contributed by atoms with Gasteiger partial charge in [0, 0.05) is 39.7 Å². The van der Waals surface area contributed by atoms with Crippen molar-refractivity contribution in [3.63, 3.8) is 0 Å². The van der Waals surface area contributed by atoms with E-state index in [0.29, 0.717) is 17.2 Å². The first-order chi connectivity index (χ1) is 20.5. The zero-order chi connectivity index (χ0) is 28.6. The molecule has 5 aromatic heterocycles. The largest absolute Gasteiger partial charge is 0.340 e. The van der Waals surface area contributed by atoms with Crippen molar-refractivity contribution < 1.29 is 9.59 Å². The number of hydrogen-bond donors (Lipinski definition) is 3. The van der Waals surface area contributed by atoms with Crippen LogP contribution in [0.4, 0.5) is 5.69 Å². The number of carbonyl (C=O) groups excluding carboxylic acids is 2. The highest BCUT2D eigenvalue weighted by Crippen LogP contribution is 2.37. The number of amides is 1. The molecule has 7 rings (SSSR count). The lowest BCUT2D eigenvalue weighted by atomic mass is 9.99. The van der Waals surface area contributed by atoms with Crippen LogP contribution in [0.25, 0.3) is 39.3 Å². The third-order valence-corrected chi connectivity index (χ3v) is 8.42. The highest BCUT2D eigenvalue weighted by molar-refractivity contribution is 7.15. The first-order valence-electron chi connectivity index (χ1n) is 13.6. The number of rotatable bonds is 7. The van der Waals surface area contributed by atoms with E-state index in [-0.39, 0.29) is 18.1 Å². The summed E-state index contributed by atoms with van der Waals surface area (Å²) in [7, 11) is 0. The van der Waals surface area contributed by atoms with Crippen molar-refractivity contribution in [2.75, 3.05) is 5.32 Å². The van der Waals surface area contributed by atoms with Gasteiger partial charge in [-0.1, -0.05) is 36.4 Å². The summed E-state index contributed by atoms with van der Waals surface area (Å²) in [5, 5.41) is 11.3. The molecule has 206 valence electrons. The molecule has 0 saturated heterocycles. The van der Waals surface area contributed by atoms with Gasteiger partial charge in [0.25, 0.3) is 0 Å². The Kier molecular flexibility index (Phi) is 6.52. The van der Waals surface area contributed by atoms with Gasteiger partial charge in [-0.3, -0.25) is 19.7 Å². The second-order valence-electron chi connectivity index (χ2n) is 10.2. The molecule has 10 heteroatoms. The predicted molar refractivity (Wildman–Crippen MR) is 163 cm³/mol. The van der Waals surface area contributed by atoms with Gasteiger partial charge in [-0.15, -0.1) is 11.3 Å². The summed E-state index contributed by atoms with van der Waals surface area (Å²) in [5.74, 6) is 0.631. The summed E-state index contributed by atoms with van der Waals surface area (Å²) < 4.78 is 0. The molecular weight excluding hydrogens is 546 g/mol. The number of thiophene rings is 1. The van der Waals surface area contributed by atoms with E-state index in [9.17, 15) is 9.59 Å². The quantitative estimate of drug-likeness (QED) is 0.195. The lowest BCUT2D eigenvalue weighted by Gasteiger charge is -2.10. The Balaban J connectivity index is 1.18. The summed E-state index contributed by atoms with van der Waals surface area (Å²) in [5.41, 5.74) is 7.50. The smallest absolute Gasteiger partial charge is 0.228 e. The van der Waals surface area contributed by atoms with Crippen LogP contribution in [0.1, 0.15) is 44.8 Å². The maximum atomic E-state index is 12.6. The Bertz CT molecular complexity index is 2000. The maximum absolute atomic E-state index is 12.6. The van der Waals surface area contributed by atoms with Crippen LogP contribution in [0, 0.1) is 0 Å². The molecule has 1 aromatic carbocycles. The van der Waals surface area contributed by atoms with E-state index in [1.54, 1.807) is 25.5 Å². The second-order valence-corrected chi connectivity index (χ2v) is 11.2. The third kappa shape index (κ3) is 4.92. The third-order valence-electron chi connectivity index (χ3n) is 7.20. The molecule has 9 nitrogen and oxygen atoms in total. The maximum Gasteiger partial charge on any atom is 0.228 e. The fourth-order valence-corrected chi connectivity index (χ4v) is 6.11. The number of aromatic amines is 2. The summed E-state index contributed by atoms with van der Waals surface area (Å²) in [6, 6.07) is 17.4. The molecule has 6 aromatic rings. The molecule has 1 amide bonds. The first-order valence-corrected chi connectivity index (χ1v) is 14.4. The number of fused-ring (bicyclic) bond motifs is 2. The minimum Gasteiger partial charge on any atom is -0.340 e. The number of hydrogen-bond acceptors (Lipinski definition) is 7. The SMILES string of the molecule is CC(=O)c1ccc(C2=CCCc3[nH]c(-c4[nH]nc5ncc(-c6cncc(NC(=O)Cc7ccccc7)c6)cc45)nc32)s1. The summed E-state index contributed by atoms with van der Waals surface area (Å²) >= 11 is 1.49. The van der Waals surface area contributed by atoms with Gasteiger partial charge in [0.15, 0.2) is 17.3 Å². The average Bonchev–Trinajstić information content (AvgIpc) is 3.75. The molecule has 0 fully saturated rings. The van der Waals surface area contributed by atoms with Crippen molar-refractivity contribution in [2.24, 2.45) is 0 Å². The molecule has 0 saturated carbocycles. The number of benzene rings is 1. The van der Waals surface area contributed by atoms with Crippen LogP contribution >= 0.6 is 11.3 Å². The van der Waals surface area contributed by atoms with E-state index in [4.69, 9.17) is 4.98 Å². The number of H-pyrrole nitrogens is 2. The first kappa shape index (κ1) is 25.7. The fraction of sp³-hybridized carbons (Fsp3) is 0.125. The molecule has 1 aliphatic carbocycles. The van der Waals surface area contributed by atoms with Gasteiger partial charge in [0.2, 0.25) is 5.91 Å². The van der Waals surface area contributed by atoms with E-state index in [1.807, 2.05) is 54.6 Å². The van der Waals surface area contributed by atoms with Crippen LogP contribution in [0.15, 0.2) is 79.3 Å². The average molecular weight is 572 g/mol. The standard InChI is InChI=1S/C32H25N7O2S/c1-18(40)26-10-11-27(42-26)23-8-5-9-25-29(23)37-32(36-25)30-24-14-21(16-34-31(24)39-38-30)20-13-22(17-33-15-20)35-28(41)12-19-6-3-2-4-7-19/h2-4,6-8,10-11,13-17H,5,9,12H2,1H3,(H,35,41)(H,36,37)(H,34,38,39). The number of anilines is 1. The predicted octanol–water partition coefficient (Wildman–Crippen LogP) is 6.23. The molecular formula is C32H25N7O2S.